The summed E-state index contributed by atoms with van der Waals surface area (Å²) in [7, 11) is 0. The molecular formula is C13H17F3N2. The summed E-state index contributed by atoms with van der Waals surface area (Å²) in [5, 5.41) is 2.87. The number of nitrogens with one attached hydrogen (secondary N) is 1. The van der Waals surface area contributed by atoms with E-state index < -0.39 is 11.7 Å². The van der Waals surface area contributed by atoms with Crippen molar-refractivity contribution >= 4 is 5.82 Å². The molecule has 0 unspecified atom stereocenters. The quantitative estimate of drug-likeness (QED) is 0.883. The number of aromatic nitrogens is 1. The Morgan fingerprint density at radius 3 is 2.61 bits per heavy atom. The van der Waals surface area contributed by atoms with Crippen LogP contribution < -0.4 is 5.32 Å². The third-order valence-corrected chi connectivity index (χ3v) is 3.61. The minimum atomic E-state index is -4.35. The van der Waals surface area contributed by atoms with Gasteiger partial charge in [-0.1, -0.05) is 19.8 Å². The predicted octanol–water partition coefficient (Wildman–Crippen LogP) is 4.09. The molecule has 1 heterocycles. The fraction of sp³-hybridized carbons (Fsp3) is 0.615. The highest BCUT2D eigenvalue weighted by Crippen LogP contribution is 2.38. The first kappa shape index (κ1) is 13.2. The van der Waals surface area contributed by atoms with Gasteiger partial charge in [0.1, 0.15) is 5.82 Å². The van der Waals surface area contributed by atoms with Crippen LogP contribution >= 0.6 is 0 Å². The summed E-state index contributed by atoms with van der Waals surface area (Å²) in [6.07, 6.45) is 1.48. The Labute approximate surface area is 105 Å². The number of alkyl halides is 3. The minimum Gasteiger partial charge on any atom is -0.369 e. The Morgan fingerprint density at radius 1 is 1.33 bits per heavy atom. The minimum absolute atomic E-state index is 0.0573. The molecule has 1 saturated carbocycles. The average Bonchev–Trinajstić information content (AvgIpc) is 2.73. The molecule has 0 spiro atoms. The van der Waals surface area contributed by atoms with E-state index in [2.05, 4.69) is 17.2 Å². The van der Waals surface area contributed by atoms with Gasteiger partial charge in [-0.3, -0.25) is 0 Å². The van der Waals surface area contributed by atoms with Gasteiger partial charge in [0, 0.05) is 12.7 Å². The zero-order valence-corrected chi connectivity index (χ0v) is 10.3. The standard InChI is InChI=1S/C13H17F3N2/c1-12(6-2-3-7-12)9-18-11-10(13(14,15)16)5-4-8-17-11/h4-5,8H,2-3,6-7,9H2,1H3,(H,17,18). The van der Waals surface area contributed by atoms with Gasteiger partial charge in [-0.05, 0) is 30.4 Å². The smallest absolute Gasteiger partial charge is 0.369 e. The van der Waals surface area contributed by atoms with Crippen LogP contribution in [0.5, 0.6) is 0 Å². The maximum Gasteiger partial charge on any atom is 0.419 e. The normalized spacial score (nSPS) is 18.9. The summed E-state index contributed by atoms with van der Waals surface area (Å²) < 4.78 is 38.3. The van der Waals surface area contributed by atoms with E-state index in [4.69, 9.17) is 0 Å². The molecule has 100 valence electrons. The van der Waals surface area contributed by atoms with Crippen LogP contribution in [0.4, 0.5) is 19.0 Å². The first-order chi connectivity index (χ1) is 8.41. The molecule has 5 heteroatoms. The molecule has 1 aromatic rings. The van der Waals surface area contributed by atoms with Crippen molar-refractivity contribution in [3.63, 3.8) is 0 Å². The second-order valence-corrected chi connectivity index (χ2v) is 5.27. The van der Waals surface area contributed by atoms with Crippen molar-refractivity contribution in [3.05, 3.63) is 23.9 Å². The van der Waals surface area contributed by atoms with Crippen molar-refractivity contribution in [2.24, 2.45) is 5.41 Å². The van der Waals surface area contributed by atoms with E-state index in [1.54, 1.807) is 0 Å². The monoisotopic (exact) mass is 258 g/mol. The topological polar surface area (TPSA) is 24.9 Å². The summed E-state index contributed by atoms with van der Waals surface area (Å²) in [5.41, 5.74) is -0.591. The molecular weight excluding hydrogens is 241 g/mol. The lowest BCUT2D eigenvalue weighted by Crippen LogP contribution is -2.24. The van der Waals surface area contributed by atoms with Gasteiger partial charge in [-0.25, -0.2) is 4.98 Å². The van der Waals surface area contributed by atoms with Gasteiger partial charge in [0.15, 0.2) is 0 Å². The van der Waals surface area contributed by atoms with Crippen molar-refractivity contribution in [2.75, 3.05) is 11.9 Å². The van der Waals surface area contributed by atoms with E-state index in [9.17, 15) is 13.2 Å². The molecule has 1 aliphatic rings. The van der Waals surface area contributed by atoms with E-state index in [0.717, 1.165) is 31.7 Å². The van der Waals surface area contributed by atoms with Crippen molar-refractivity contribution in [1.29, 1.82) is 0 Å². The SMILES string of the molecule is CC1(CNc2ncccc2C(F)(F)F)CCCC1. The second-order valence-electron chi connectivity index (χ2n) is 5.27. The van der Waals surface area contributed by atoms with Gasteiger partial charge in [-0.2, -0.15) is 13.2 Å². The van der Waals surface area contributed by atoms with Crippen LogP contribution in [0, 0.1) is 5.41 Å². The second kappa shape index (κ2) is 4.78. The summed E-state index contributed by atoms with van der Waals surface area (Å²) in [6, 6.07) is 2.37. The Bertz CT molecular complexity index is 409. The number of halogens is 3. The fourth-order valence-electron chi connectivity index (χ4n) is 2.48. The predicted molar refractivity (Wildman–Crippen MR) is 64.3 cm³/mol. The molecule has 0 aliphatic heterocycles. The van der Waals surface area contributed by atoms with E-state index in [-0.39, 0.29) is 11.2 Å². The molecule has 0 radical (unpaired) electrons. The lowest BCUT2D eigenvalue weighted by atomic mass is 9.89. The van der Waals surface area contributed by atoms with E-state index in [0.29, 0.717) is 6.54 Å². The number of hydrogen-bond acceptors (Lipinski definition) is 2. The third-order valence-electron chi connectivity index (χ3n) is 3.61. The summed E-state index contributed by atoms with van der Waals surface area (Å²) in [6.45, 7) is 2.66. The van der Waals surface area contributed by atoms with Crippen LogP contribution in [0.3, 0.4) is 0 Å². The molecule has 0 bridgehead atoms. The maximum absolute atomic E-state index is 12.8. The van der Waals surface area contributed by atoms with Crippen molar-refractivity contribution in [2.45, 2.75) is 38.8 Å². The molecule has 1 N–H and O–H groups in total. The number of anilines is 1. The Hall–Kier alpha value is -1.26. The molecule has 0 amide bonds. The van der Waals surface area contributed by atoms with Gasteiger partial charge in [-0.15, -0.1) is 0 Å². The molecule has 0 atom stereocenters. The van der Waals surface area contributed by atoms with Crippen LogP contribution in [0.1, 0.15) is 38.2 Å². The Morgan fingerprint density at radius 2 is 2.00 bits per heavy atom. The number of hydrogen-bond donors (Lipinski definition) is 1. The molecule has 2 nitrogen and oxygen atoms in total. The zero-order chi connectivity index (χ0) is 13.2. The third kappa shape index (κ3) is 2.94. The summed E-state index contributed by atoms with van der Waals surface area (Å²) in [4.78, 5) is 3.81. The largest absolute Gasteiger partial charge is 0.419 e. The van der Waals surface area contributed by atoms with Gasteiger partial charge >= 0.3 is 6.18 Å². The van der Waals surface area contributed by atoms with Crippen LogP contribution in [0.2, 0.25) is 0 Å². The lowest BCUT2D eigenvalue weighted by molar-refractivity contribution is -0.137. The first-order valence-electron chi connectivity index (χ1n) is 6.17. The molecule has 0 saturated heterocycles. The maximum atomic E-state index is 12.8. The van der Waals surface area contributed by atoms with Crippen LogP contribution in [0.25, 0.3) is 0 Å². The van der Waals surface area contributed by atoms with Crippen LogP contribution in [0.15, 0.2) is 18.3 Å². The molecule has 1 aromatic heterocycles. The Balaban J connectivity index is 2.10. The highest BCUT2D eigenvalue weighted by Gasteiger charge is 2.35. The Kier molecular flexibility index (Phi) is 3.50. The molecule has 18 heavy (non-hydrogen) atoms. The van der Waals surface area contributed by atoms with E-state index in [1.165, 1.54) is 12.3 Å². The van der Waals surface area contributed by atoms with Gasteiger partial charge in [0.05, 0.1) is 5.56 Å². The fourth-order valence-corrected chi connectivity index (χ4v) is 2.48. The number of pyridine rings is 1. The number of rotatable bonds is 3. The lowest BCUT2D eigenvalue weighted by Gasteiger charge is -2.25. The average molecular weight is 258 g/mol. The van der Waals surface area contributed by atoms with Crippen molar-refractivity contribution in [3.8, 4) is 0 Å². The van der Waals surface area contributed by atoms with Gasteiger partial charge in [0.25, 0.3) is 0 Å². The molecule has 1 aliphatic carbocycles. The van der Waals surface area contributed by atoms with Crippen molar-refractivity contribution < 1.29 is 13.2 Å². The summed E-state index contributed by atoms with van der Waals surface area (Å²) >= 11 is 0. The molecule has 2 rings (SSSR count). The van der Waals surface area contributed by atoms with E-state index >= 15 is 0 Å². The molecule has 0 aromatic carbocycles. The van der Waals surface area contributed by atoms with Crippen LogP contribution in [-0.2, 0) is 6.18 Å². The van der Waals surface area contributed by atoms with Crippen LogP contribution in [-0.4, -0.2) is 11.5 Å². The summed E-state index contributed by atoms with van der Waals surface area (Å²) in [5.74, 6) is -0.0573. The number of nitrogens with zero attached hydrogens (tertiary/aromatic N) is 1. The van der Waals surface area contributed by atoms with Gasteiger partial charge in [0.2, 0.25) is 0 Å². The van der Waals surface area contributed by atoms with E-state index in [1.807, 2.05) is 0 Å². The highest BCUT2D eigenvalue weighted by atomic mass is 19.4. The van der Waals surface area contributed by atoms with Gasteiger partial charge < -0.3 is 5.32 Å². The molecule has 1 fully saturated rings. The van der Waals surface area contributed by atoms with Crippen molar-refractivity contribution in [1.82, 2.24) is 4.98 Å². The zero-order valence-electron chi connectivity index (χ0n) is 10.3. The first-order valence-corrected chi connectivity index (χ1v) is 6.17. The highest BCUT2D eigenvalue weighted by molar-refractivity contribution is 5.45.